The van der Waals surface area contributed by atoms with E-state index in [1.165, 1.54) is 17.7 Å². The maximum atomic E-state index is 12.4. The number of rotatable bonds is 6. The summed E-state index contributed by atoms with van der Waals surface area (Å²) in [5.41, 5.74) is 0. The zero-order chi connectivity index (χ0) is 17.6. The molecule has 0 amide bonds. The van der Waals surface area contributed by atoms with Gasteiger partial charge in [-0.15, -0.1) is 24.0 Å². The third kappa shape index (κ3) is 8.29. The van der Waals surface area contributed by atoms with Crippen molar-refractivity contribution < 1.29 is 13.2 Å². The van der Waals surface area contributed by atoms with Crippen molar-refractivity contribution in [1.82, 2.24) is 20.4 Å². The molecule has 2 fully saturated rings. The van der Waals surface area contributed by atoms with E-state index in [9.17, 15) is 13.2 Å². The number of guanidine groups is 1. The van der Waals surface area contributed by atoms with Crippen LogP contribution < -0.4 is 10.6 Å². The topological polar surface area (TPSA) is 42.9 Å². The number of nitrogens with one attached hydrogen (secondary N) is 2. The molecule has 0 saturated carbocycles. The quantitative estimate of drug-likeness (QED) is 0.350. The number of hydrogen-bond acceptors (Lipinski definition) is 3. The Morgan fingerprint density at radius 2 is 1.88 bits per heavy atom. The highest BCUT2D eigenvalue weighted by Gasteiger charge is 2.34. The van der Waals surface area contributed by atoms with Crippen molar-refractivity contribution >= 4 is 29.9 Å². The van der Waals surface area contributed by atoms with Gasteiger partial charge in [0.15, 0.2) is 5.96 Å². The van der Waals surface area contributed by atoms with E-state index in [4.69, 9.17) is 0 Å². The molecule has 0 aliphatic carbocycles. The molecule has 0 bridgehead atoms. The molecule has 2 unspecified atom stereocenters. The Balaban J connectivity index is 0.00000312. The van der Waals surface area contributed by atoms with Crippen molar-refractivity contribution in [2.75, 3.05) is 52.9 Å². The minimum absolute atomic E-state index is 0. The van der Waals surface area contributed by atoms with Gasteiger partial charge in [0, 0.05) is 39.3 Å². The number of hydrogen-bond donors (Lipinski definition) is 2. The fourth-order valence-corrected chi connectivity index (χ4v) is 3.58. The Bertz CT molecular complexity index is 419. The first-order chi connectivity index (χ1) is 11.4. The first-order valence-corrected chi connectivity index (χ1v) is 8.88. The van der Waals surface area contributed by atoms with Crippen molar-refractivity contribution in [1.29, 1.82) is 0 Å². The van der Waals surface area contributed by atoms with Crippen molar-refractivity contribution in [3.05, 3.63) is 0 Å². The molecule has 2 rings (SSSR count). The van der Waals surface area contributed by atoms with Gasteiger partial charge in [-0.2, -0.15) is 13.2 Å². The van der Waals surface area contributed by atoms with E-state index in [0.717, 1.165) is 26.2 Å². The van der Waals surface area contributed by atoms with Crippen LogP contribution in [-0.4, -0.2) is 80.8 Å². The SMILES string of the molecule is CCCN1CCC(CNC(=NC)NC2CCN(CC(F)(F)F)C2)C1.I. The van der Waals surface area contributed by atoms with Gasteiger partial charge in [0.05, 0.1) is 6.54 Å². The number of halogens is 4. The Hall–Kier alpha value is -0.290. The number of alkyl halides is 3. The van der Waals surface area contributed by atoms with Crippen LogP contribution in [0.1, 0.15) is 26.2 Å². The summed E-state index contributed by atoms with van der Waals surface area (Å²) in [6.45, 7) is 6.53. The highest BCUT2D eigenvalue weighted by molar-refractivity contribution is 14.0. The van der Waals surface area contributed by atoms with Gasteiger partial charge in [0.1, 0.15) is 0 Å². The predicted octanol–water partition coefficient (Wildman–Crippen LogP) is 2.14. The fourth-order valence-electron chi connectivity index (χ4n) is 3.58. The molecule has 0 aromatic rings. The molecule has 0 aromatic heterocycles. The third-order valence-electron chi connectivity index (χ3n) is 4.71. The maximum absolute atomic E-state index is 12.4. The second-order valence-corrected chi connectivity index (χ2v) is 6.89. The monoisotopic (exact) mass is 477 g/mol. The van der Waals surface area contributed by atoms with Crippen molar-refractivity contribution in [2.45, 2.75) is 38.4 Å². The lowest BCUT2D eigenvalue weighted by atomic mass is 10.1. The summed E-state index contributed by atoms with van der Waals surface area (Å²) in [6, 6.07) is 0.0266. The molecule has 2 atom stereocenters. The van der Waals surface area contributed by atoms with Crippen LogP contribution in [0.4, 0.5) is 13.2 Å². The van der Waals surface area contributed by atoms with Gasteiger partial charge in [-0.3, -0.25) is 9.89 Å². The zero-order valence-corrected chi connectivity index (χ0v) is 17.4. The van der Waals surface area contributed by atoms with Crippen LogP contribution >= 0.6 is 24.0 Å². The first kappa shape index (κ1) is 22.8. The first-order valence-electron chi connectivity index (χ1n) is 8.88. The lowest BCUT2D eigenvalue weighted by Crippen LogP contribution is -2.46. The molecule has 0 spiro atoms. The lowest BCUT2D eigenvalue weighted by Gasteiger charge is -2.21. The van der Waals surface area contributed by atoms with Crippen LogP contribution in [0.5, 0.6) is 0 Å². The molecule has 0 aromatic carbocycles. The number of nitrogens with zero attached hydrogens (tertiary/aromatic N) is 3. The molecule has 2 heterocycles. The number of likely N-dealkylation sites (tertiary alicyclic amines) is 2. The predicted molar refractivity (Wildman–Crippen MR) is 106 cm³/mol. The summed E-state index contributed by atoms with van der Waals surface area (Å²) in [5, 5.41) is 6.59. The highest BCUT2D eigenvalue weighted by atomic mass is 127. The van der Waals surface area contributed by atoms with E-state index in [0.29, 0.717) is 31.4 Å². The summed E-state index contributed by atoms with van der Waals surface area (Å²) >= 11 is 0. The third-order valence-corrected chi connectivity index (χ3v) is 4.71. The summed E-state index contributed by atoms with van der Waals surface area (Å²) in [7, 11) is 1.70. The second-order valence-electron chi connectivity index (χ2n) is 6.89. The summed E-state index contributed by atoms with van der Waals surface area (Å²) in [4.78, 5) is 8.14. The standard InChI is InChI=1S/C16H30F3N5.HI/c1-3-6-23-7-4-13(10-23)9-21-15(20-2)22-14-5-8-24(11-14)12-16(17,18)19;/h13-14H,3-12H2,1-2H3,(H2,20,21,22);1H. The smallest absolute Gasteiger partial charge is 0.356 e. The van der Waals surface area contributed by atoms with Gasteiger partial charge in [0.2, 0.25) is 0 Å². The zero-order valence-electron chi connectivity index (χ0n) is 15.1. The molecule has 2 aliphatic rings. The molecule has 2 aliphatic heterocycles. The van der Waals surface area contributed by atoms with Crippen molar-refractivity contribution in [2.24, 2.45) is 10.9 Å². The fraction of sp³-hybridized carbons (Fsp3) is 0.938. The minimum atomic E-state index is -4.12. The summed E-state index contributed by atoms with van der Waals surface area (Å²) in [6.07, 6.45) is -1.04. The summed E-state index contributed by atoms with van der Waals surface area (Å²) in [5.74, 6) is 1.31. The van der Waals surface area contributed by atoms with E-state index in [-0.39, 0.29) is 30.0 Å². The van der Waals surface area contributed by atoms with Gasteiger partial charge in [-0.05, 0) is 38.3 Å². The second kappa shape index (κ2) is 10.8. The minimum Gasteiger partial charge on any atom is -0.356 e. The van der Waals surface area contributed by atoms with Crippen molar-refractivity contribution in [3.63, 3.8) is 0 Å². The van der Waals surface area contributed by atoms with E-state index < -0.39 is 12.7 Å². The molecule has 25 heavy (non-hydrogen) atoms. The van der Waals surface area contributed by atoms with Gasteiger partial charge in [-0.25, -0.2) is 0 Å². The van der Waals surface area contributed by atoms with E-state index in [1.54, 1.807) is 7.05 Å². The normalized spacial score (nSPS) is 25.9. The van der Waals surface area contributed by atoms with Gasteiger partial charge < -0.3 is 15.5 Å². The van der Waals surface area contributed by atoms with Crippen LogP contribution in [0.25, 0.3) is 0 Å². The van der Waals surface area contributed by atoms with E-state index in [2.05, 4.69) is 27.4 Å². The molecular formula is C16H31F3IN5. The van der Waals surface area contributed by atoms with Gasteiger partial charge in [-0.1, -0.05) is 6.92 Å². The Kier molecular flexibility index (Phi) is 9.79. The molecule has 2 N–H and O–H groups in total. The van der Waals surface area contributed by atoms with Crippen LogP contribution in [0.2, 0.25) is 0 Å². The molecular weight excluding hydrogens is 446 g/mol. The molecule has 9 heteroatoms. The molecule has 148 valence electrons. The summed E-state index contributed by atoms with van der Waals surface area (Å²) < 4.78 is 37.3. The lowest BCUT2D eigenvalue weighted by molar-refractivity contribution is -0.143. The highest BCUT2D eigenvalue weighted by Crippen LogP contribution is 2.20. The van der Waals surface area contributed by atoms with Crippen molar-refractivity contribution in [3.8, 4) is 0 Å². The van der Waals surface area contributed by atoms with Gasteiger partial charge >= 0.3 is 6.18 Å². The average molecular weight is 477 g/mol. The van der Waals surface area contributed by atoms with E-state index >= 15 is 0 Å². The van der Waals surface area contributed by atoms with Crippen LogP contribution in [-0.2, 0) is 0 Å². The largest absolute Gasteiger partial charge is 0.401 e. The average Bonchev–Trinajstić information content (AvgIpc) is 3.12. The number of aliphatic imine (C=N–C) groups is 1. The molecule has 5 nitrogen and oxygen atoms in total. The Labute approximate surface area is 165 Å². The maximum Gasteiger partial charge on any atom is 0.401 e. The van der Waals surface area contributed by atoms with Crippen LogP contribution in [0.15, 0.2) is 4.99 Å². The van der Waals surface area contributed by atoms with Crippen LogP contribution in [0.3, 0.4) is 0 Å². The molecule has 2 saturated heterocycles. The molecule has 0 radical (unpaired) electrons. The Morgan fingerprint density at radius 1 is 1.16 bits per heavy atom. The Morgan fingerprint density at radius 3 is 2.52 bits per heavy atom. The van der Waals surface area contributed by atoms with Crippen LogP contribution in [0, 0.1) is 5.92 Å². The van der Waals surface area contributed by atoms with Gasteiger partial charge in [0.25, 0.3) is 0 Å². The van der Waals surface area contributed by atoms with E-state index in [1.807, 2.05) is 0 Å².